The van der Waals surface area contributed by atoms with Crippen molar-refractivity contribution in [3.8, 4) is 0 Å². The Bertz CT molecular complexity index is 532. The molecule has 24 heavy (non-hydrogen) atoms. The predicted molar refractivity (Wildman–Crippen MR) is 108 cm³/mol. The fourth-order valence-electron chi connectivity index (χ4n) is 3.72. The molecule has 3 rings (SSSR count). The molecule has 4 nitrogen and oxygen atoms in total. The van der Waals surface area contributed by atoms with Gasteiger partial charge in [0.15, 0.2) is 0 Å². The highest BCUT2D eigenvalue weighted by Gasteiger charge is 2.40. The Kier molecular flexibility index (Phi) is 8.71. The Hall–Kier alpha value is -0.620. The maximum Gasteiger partial charge on any atom is 0.253 e. The molecule has 0 radical (unpaired) electrons. The van der Waals surface area contributed by atoms with Crippen LogP contribution in [0.1, 0.15) is 36.0 Å². The maximum absolute atomic E-state index is 12.4. The van der Waals surface area contributed by atoms with Crippen LogP contribution < -0.4 is 11.1 Å². The zero-order chi connectivity index (χ0) is 15.4. The SMILES string of the molecule is Cl.Cl.Nc1ccccc1C(=O)NCC1(N2CCSCC2)CCCC1. The van der Waals surface area contributed by atoms with E-state index < -0.39 is 0 Å². The first kappa shape index (κ1) is 21.4. The average Bonchev–Trinajstić information content (AvgIpc) is 3.04. The maximum atomic E-state index is 12.4. The van der Waals surface area contributed by atoms with Crippen molar-refractivity contribution in [2.45, 2.75) is 31.2 Å². The molecule has 1 heterocycles. The molecule has 0 bridgehead atoms. The molecule has 1 saturated heterocycles. The molecule has 1 aromatic carbocycles. The molecule has 2 aliphatic rings. The number of para-hydroxylation sites is 1. The number of nitrogen functional groups attached to an aromatic ring is 1. The van der Waals surface area contributed by atoms with E-state index in [1.165, 1.54) is 37.2 Å². The molecule has 0 atom stereocenters. The second kappa shape index (κ2) is 9.76. The summed E-state index contributed by atoms with van der Waals surface area (Å²) >= 11 is 2.03. The van der Waals surface area contributed by atoms with Crippen LogP contribution in [0.2, 0.25) is 0 Å². The van der Waals surface area contributed by atoms with E-state index in [2.05, 4.69) is 10.2 Å². The van der Waals surface area contributed by atoms with Gasteiger partial charge in [-0.05, 0) is 25.0 Å². The lowest BCUT2D eigenvalue weighted by atomic mass is 9.94. The summed E-state index contributed by atoms with van der Waals surface area (Å²) in [6.07, 6.45) is 4.93. The van der Waals surface area contributed by atoms with Crippen LogP contribution in [0, 0.1) is 0 Å². The largest absolute Gasteiger partial charge is 0.398 e. The smallest absolute Gasteiger partial charge is 0.253 e. The van der Waals surface area contributed by atoms with Crippen LogP contribution in [0.5, 0.6) is 0 Å². The molecular weight excluding hydrogens is 365 g/mol. The number of anilines is 1. The molecule has 0 unspecified atom stereocenters. The van der Waals surface area contributed by atoms with Crippen molar-refractivity contribution in [3.63, 3.8) is 0 Å². The topological polar surface area (TPSA) is 58.4 Å². The molecule has 0 spiro atoms. The monoisotopic (exact) mass is 391 g/mol. The third-order valence-electron chi connectivity index (χ3n) is 5.00. The number of hydrogen-bond donors (Lipinski definition) is 2. The minimum atomic E-state index is -0.0456. The van der Waals surface area contributed by atoms with Gasteiger partial charge in [0, 0.05) is 42.4 Å². The molecule has 1 aliphatic heterocycles. The van der Waals surface area contributed by atoms with Gasteiger partial charge in [-0.1, -0.05) is 25.0 Å². The van der Waals surface area contributed by atoms with E-state index in [1.54, 1.807) is 12.1 Å². The first-order valence-electron chi connectivity index (χ1n) is 8.17. The van der Waals surface area contributed by atoms with Crippen molar-refractivity contribution in [2.75, 3.05) is 36.9 Å². The minimum absolute atomic E-state index is 0. The lowest BCUT2D eigenvalue weighted by Crippen LogP contribution is -2.56. The molecule has 0 aromatic heterocycles. The lowest BCUT2D eigenvalue weighted by Gasteiger charge is -2.43. The second-order valence-corrected chi connectivity index (χ2v) is 7.53. The molecule has 7 heteroatoms. The number of rotatable bonds is 4. The Morgan fingerprint density at radius 2 is 1.79 bits per heavy atom. The number of nitrogens with one attached hydrogen (secondary N) is 1. The third kappa shape index (κ3) is 4.72. The lowest BCUT2D eigenvalue weighted by molar-refractivity contribution is 0.0818. The van der Waals surface area contributed by atoms with E-state index in [4.69, 9.17) is 5.73 Å². The van der Waals surface area contributed by atoms with Crippen molar-refractivity contribution in [3.05, 3.63) is 29.8 Å². The van der Waals surface area contributed by atoms with Crippen LogP contribution in [-0.2, 0) is 0 Å². The number of halogens is 2. The van der Waals surface area contributed by atoms with Crippen LogP contribution in [0.3, 0.4) is 0 Å². The van der Waals surface area contributed by atoms with Gasteiger partial charge in [-0.25, -0.2) is 0 Å². The number of nitrogens with zero attached hydrogens (tertiary/aromatic N) is 1. The third-order valence-corrected chi connectivity index (χ3v) is 5.94. The molecular formula is C17H27Cl2N3OS. The zero-order valence-corrected chi connectivity index (χ0v) is 16.3. The fraction of sp³-hybridized carbons (Fsp3) is 0.588. The summed E-state index contributed by atoms with van der Waals surface area (Å²) in [5, 5.41) is 3.15. The quantitative estimate of drug-likeness (QED) is 0.773. The number of hydrogen-bond acceptors (Lipinski definition) is 4. The number of carbonyl (C=O) groups excluding carboxylic acids is 1. The summed E-state index contributed by atoms with van der Waals surface area (Å²) in [4.78, 5) is 15.0. The van der Waals surface area contributed by atoms with E-state index in [0.29, 0.717) is 11.3 Å². The van der Waals surface area contributed by atoms with Crippen molar-refractivity contribution in [1.82, 2.24) is 10.2 Å². The molecule has 2 fully saturated rings. The highest BCUT2D eigenvalue weighted by Crippen LogP contribution is 2.36. The summed E-state index contributed by atoms with van der Waals surface area (Å²) in [5.41, 5.74) is 7.21. The summed E-state index contributed by atoms with van der Waals surface area (Å²) < 4.78 is 0. The van der Waals surface area contributed by atoms with Crippen molar-refractivity contribution >= 4 is 48.2 Å². The molecule has 1 aromatic rings. The highest BCUT2D eigenvalue weighted by atomic mass is 35.5. The molecule has 3 N–H and O–H groups in total. The summed E-state index contributed by atoms with van der Waals surface area (Å²) in [6.45, 7) is 3.03. The Labute approximate surface area is 161 Å². The minimum Gasteiger partial charge on any atom is -0.398 e. The van der Waals surface area contributed by atoms with Crippen LogP contribution in [0.15, 0.2) is 24.3 Å². The Morgan fingerprint density at radius 3 is 2.42 bits per heavy atom. The van der Waals surface area contributed by atoms with Crippen molar-refractivity contribution in [1.29, 1.82) is 0 Å². The molecule has 1 amide bonds. The standard InChI is InChI=1S/C17H25N3OS.2ClH/c18-15-6-2-1-5-14(15)16(21)19-13-17(7-3-4-8-17)20-9-11-22-12-10-20;;/h1-2,5-6H,3-4,7-13,18H2,(H,19,21);2*1H. The Morgan fingerprint density at radius 1 is 1.17 bits per heavy atom. The number of carbonyl (C=O) groups is 1. The van der Waals surface area contributed by atoms with Gasteiger partial charge < -0.3 is 11.1 Å². The van der Waals surface area contributed by atoms with Crippen molar-refractivity contribution < 1.29 is 4.79 Å². The van der Waals surface area contributed by atoms with Gasteiger partial charge in [0.05, 0.1) is 5.56 Å². The summed E-state index contributed by atoms with van der Waals surface area (Å²) in [6, 6.07) is 7.29. The van der Waals surface area contributed by atoms with E-state index in [0.717, 1.165) is 19.6 Å². The normalized spacial score (nSPS) is 19.8. The first-order valence-corrected chi connectivity index (χ1v) is 9.32. The van der Waals surface area contributed by atoms with Crippen LogP contribution >= 0.6 is 36.6 Å². The highest BCUT2D eigenvalue weighted by molar-refractivity contribution is 7.99. The number of benzene rings is 1. The van der Waals surface area contributed by atoms with Gasteiger partial charge in [0.1, 0.15) is 0 Å². The van der Waals surface area contributed by atoms with Crippen LogP contribution in [-0.4, -0.2) is 47.5 Å². The van der Waals surface area contributed by atoms with E-state index >= 15 is 0 Å². The van der Waals surface area contributed by atoms with Crippen molar-refractivity contribution in [2.24, 2.45) is 0 Å². The summed E-state index contributed by atoms with van der Waals surface area (Å²) in [7, 11) is 0. The van der Waals surface area contributed by atoms with Gasteiger partial charge in [-0.2, -0.15) is 11.8 Å². The fourth-order valence-corrected chi connectivity index (χ4v) is 4.62. The van der Waals surface area contributed by atoms with Gasteiger partial charge in [0.25, 0.3) is 5.91 Å². The van der Waals surface area contributed by atoms with Gasteiger partial charge in [-0.15, -0.1) is 24.8 Å². The van der Waals surface area contributed by atoms with E-state index in [1.807, 2.05) is 23.9 Å². The predicted octanol–water partition coefficient (Wildman–Crippen LogP) is 3.20. The van der Waals surface area contributed by atoms with E-state index in [9.17, 15) is 4.79 Å². The van der Waals surface area contributed by atoms with E-state index in [-0.39, 0.29) is 36.3 Å². The first-order chi connectivity index (χ1) is 10.7. The van der Waals surface area contributed by atoms with Gasteiger partial charge in [-0.3, -0.25) is 9.69 Å². The second-order valence-electron chi connectivity index (χ2n) is 6.30. The van der Waals surface area contributed by atoms with Crippen LogP contribution in [0.4, 0.5) is 5.69 Å². The molecule has 1 saturated carbocycles. The number of thioether (sulfide) groups is 1. The van der Waals surface area contributed by atoms with Gasteiger partial charge in [0.2, 0.25) is 0 Å². The molecule has 136 valence electrons. The molecule has 1 aliphatic carbocycles. The summed E-state index contributed by atoms with van der Waals surface area (Å²) in [5.74, 6) is 2.37. The van der Waals surface area contributed by atoms with Gasteiger partial charge >= 0.3 is 0 Å². The van der Waals surface area contributed by atoms with Crippen LogP contribution in [0.25, 0.3) is 0 Å². The average molecular weight is 392 g/mol. The Balaban J connectivity index is 0.00000144. The zero-order valence-electron chi connectivity index (χ0n) is 13.8. The number of amides is 1. The number of nitrogens with two attached hydrogens (primary N) is 1.